The fourth-order valence-electron chi connectivity index (χ4n) is 1.97. The van der Waals surface area contributed by atoms with Gasteiger partial charge in [-0.05, 0) is 29.8 Å². The summed E-state index contributed by atoms with van der Waals surface area (Å²) in [5.41, 5.74) is 0.704. The van der Waals surface area contributed by atoms with Crippen molar-refractivity contribution < 1.29 is 23.8 Å². The van der Waals surface area contributed by atoms with Gasteiger partial charge in [0.2, 0.25) is 0 Å². The average Bonchev–Trinajstić information content (AvgIpc) is 2.64. The molecule has 0 unspecified atom stereocenters. The lowest BCUT2D eigenvalue weighted by Gasteiger charge is -2.10. The molecule has 0 aromatic heterocycles. The highest BCUT2D eigenvalue weighted by atomic mass is 35.5. The van der Waals surface area contributed by atoms with Crippen molar-refractivity contribution >= 4 is 35.1 Å². The van der Waals surface area contributed by atoms with E-state index in [1.54, 1.807) is 42.5 Å². The molecule has 0 spiro atoms. The van der Waals surface area contributed by atoms with E-state index in [2.05, 4.69) is 5.32 Å². The minimum Gasteiger partial charge on any atom is -0.493 e. The van der Waals surface area contributed by atoms with Crippen LogP contribution in [0.25, 0.3) is 0 Å². The summed E-state index contributed by atoms with van der Waals surface area (Å²) >= 11 is 11.8. The highest BCUT2D eigenvalue weighted by Crippen LogP contribution is 2.25. The van der Waals surface area contributed by atoms with E-state index >= 15 is 0 Å². The molecule has 26 heavy (non-hydrogen) atoms. The predicted octanol–water partition coefficient (Wildman–Crippen LogP) is 3.24. The predicted molar refractivity (Wildman–Crippen MR) is 97.8 cm³/mol. The van der Waals surface area contributed by atoms with Gasteiger partial charge in [-0.2, -0.15) is 0 Å². The molecule has 6 nitrogen and oxygen atoms in total. The molecule has 0 fully saturated rings. The van der Waals surface area contributed by atoms with Gasteiger partial charge in [0, 0.05) is 16.6 Å². The number of hydrogen-bond donors (Lipinski definition) is 1. The number of nitrogens with one attached hydrogen (secondary N) is 1. The average molecular weight is 398 g/mol. The molecular weight excluding hydrogens is 381 g/mol. The third kappa shape index (κ3) is 6.13. The number of rotatable bonds is 8. The number of hydrogen-bond acceptors (Lipinski definition) is 5. The monoisotopic (exact) mass is 397 g/mol. The van der Waals surface area contributed by atoms with E-state index in [1.165, 1.54) is 7.11 Å². The Hall–Kier alpha value is -2.44. The summed E-state index contributed by atoms with van der Waals surface area (Å²) in [6.45, 7) is -0.555. The van der Waals surface area contributed by atoms with Gasteiger partial charge in [0.25, 0.3) is 5.91 Å². The van der Waals surface area contributed by atoms with Gasteiger partial charge in [0.15, 0.2) is 24.7 Å². The topological polar surface area (TPSA) is 73.9 Å². The van der Waals surface area contributed by atoms with Crippen LogP contribution in [0.4, 0.5) is 0 Å². The maximum Gasteiger partial charge on any atom is 0.344 e. The number of carbonyl (C=O) groups is 2. The van der Waals surface area contributed by atoms with Gasteiger partial charge in [0.1, 0.15) is 0 Å². The third-order valence-electron chi connectivity index (χ3n) is 3.27. The van der Waals surface area contributed by atoms with Crippen LogP contribution >= 0.6 is 23.2 Å². The van der Waals surface area contributed by atoms with Crippen LogP contribution in [0.1, 0.15) is 5.56 Å². The van der Waals surface area contributed by atoms with Gasteiger partial charge in [0.05, 0.1) is 7.11 Å². The van der Waals surface area contributed by atoms with Gasteiger partial charge in [-0.1, -0.05) is 41.4 Å². The molecule has 2 rings (SSSR count). The second-order valence-electron chi connectivity index (χ2n) is 5.11. The summed E-state index contributed by atoms with van der Waals surface area (Å²) in [5, 5.41) is 3.55. The molecule has 0 aliphatic heterocycles. The van der Waals surface area contributed by atoms with Crippen LogP contribution in [-0.4, -0.2) is 32.2 Å². The summed E-state index contributed by atoms with van der Waals surface area (Å²) in [7, 11) is 1.50. The number of esters is 1. The highest BCUT2D eigenvalue weighted by Gasteiger charge is 2.11. The van der Waals surface area contributed by atoms with E-state index < -0.39 is 18.5 Å². The molecule has 2 aromatic rings. The zero-order valence-corrected chi connectivity index (χ0v) is 15.5. The maximum atomic E-state index is 11.8. The summed E-state index contributed by atoms with van der Waals surface area (Å²) in [4.78, 5) is 23.4. The molecular formula is C18H17Cl2NO5. The Morgan fingerprint density at radius 1 is 1.04 bits per heavy atom. The first kappa shape index (κ1) is 19.9. The molecule has 0 radical (unpaired) electrons. The van der Waals surface area contributed by atoms with Crippen molar-refractivity contribution in [1.82, 2.24) is 5.32 Å². The molecule has 0 aliphatic rings. The fourth-order valence-corrected chi connectivity index (χ4v) is 2.45. The van der Waals surface area contributed by atoms with Crippen molar-refractivity contribution in [2.24, 2.45) is 0 Å². The zero-order valence-electron chi connectivity index (χ0n) is 14.0. The van der Waals surface area contributed by atoms with E-state index in [4.69, 9.17) is 37.4 Å². The lowest BCUT2D eigenvalue weighted by molar-refractivity contribution is -0.150. The van der Waals surface area contributed by atoms with Crippen molar-refractivity contribution in [3.8, 4) is 11.5 Å². The lowest BCUT2D eigenvalue weighted by atomic mass is 10.2. The zero-order chi connectivity index (χ0) is 18.9. The van der Waals surface area contributed by atoms with E-state index in [0.717, 1.165) is 0 Å². The molecule has 0 aliphatic carbocycles. The molecule has 138 valence electrons. The standard InChI is InChI=1S/C18H17Cl2NO5/c1-24-15-4-2-3-5-16(15)25-11-18(23)26-10-17(22)21-9-12-6-7-13(19)8-14(12)20/h2-8H,9-11H2,1H3,(H,21,22). The molecule has 1 N–H and O–H groups in total. The molecule has 0 bridgehead atoms. The first-order valence-electron chi connectivity index (χ1n) is 7.61. The smallest absolute Gasteiger partial charge is 0.344 e. The Labute approximate surface area is 160 Å². The number of methoxy groups -OCH3 is 1. The Morgan fingerprint density at radius 3 is 2.46 bits per heavy atom. The first-order valence-corrected chi connectivity index (χ1v) is 8.37. The maximum absolute atomic E-state index is 11.8. The quantitative estimate of drug-likeness (QED) is 0.692. The van der Waals surface area contributed by atoms with Crippen molar-refractivity contribution in [3.63, 3.8) is 0 Å². The van der Waals surface area contributed by atoms with Crippen LogP contribution in [0, 0.1) is 0 Å². The Balaban J connectivity index is 1.72. The van der Waals surface area contributed by atoms with E-state index in [-0.39, 0.29) is 13.2 Å². The van der Waals surface area contributed by atoms with Gasteiger partial charge >= 0.3 is 5.97 Å². The van der Waals surface area contributed by atoms with Crippen LogP contribution in [0.15, 0.2) is 42.5 Å². The fraction of sp³-hybridized carbons (Fsp3) is 0.222. The minimum absolute atomic E-state index is 0.199. The van der Waals surface area contributed by atoms with E-state index in [0.29, 0.717) is 27.1 Å². The lowest BCUT2D eigenvalue weighted by Crippen LogP contribution is -2.29. The SMILES string of the molecule is COc1ccccc1OCC(=O)OCC(=O)NCc1ccc(Cl)cc1Cl. The van der Waals surface area contributed by atoms with Crippen molar-refractivity contribution in [2.45, 2.75) is 6.54 Å². The largest absolute Gasteiger partial charge is 0.493 e. The molecule has 0 heterocycles. The van der Waals surface area contributed by atoms with Crippen LogP contribution in [-0.2, 0) is 20.9 Å². The Kier molecular flexibility index (Phi) is 7.56. The Morgan fingerprint density at radius 2 is 1.77 bits per heavy atom. The van der Waals surface area contributed by atoms with Gasteiger partial charge < -0.3 is 19.5 Å². The molecule has 0 atom stereocenters. The molecule has 2 aromatic carbocycles. The Bertz CT molecular complexity index is 782. The van der Waals surface area contributed by atoms with Crippen molar-refractivity contribution in [2.75, 3.05) is 20.3 Å². The van der Waals surface area contributed by atoms with Crippen LogP contribution in [0.3, 0.4) is 0 Å². The number of ether oxygens (including phenoxy) is 3. The highest BCUT2D eigenvalue weighted by molar-refractivity contribution is 6.35. The molecule has 0 saturated heterocycles. The summed E-state index contributed by atoms with van der Waals surface area (Å²) < 4.78 is 15.3. The number of benzene rings is 2. The molecule has 0 saturated carbocycles. The van der Waals surface area contributed by atoms with Gasteiger partial charge in [-0.3, -0.25) is 4.79 Å². The first-order chi connectivity index (χ1) is 12.5. The second-order valence-corrected chi connectivity index (χ2v) is 5.96. The number of carbonyl (C=O) groups excluding carboxylic acids is 2. The van der Waals surface area contributed by atoms with Gasteiger partial charge in [-0.25, -0.2) is 4.79 Å². The summed E-state index contributed by atoms with van der Waals surface area (Å²) in [5.74, 6) is -0.219. The third-order valence-corrected chi connectivity index (χ3v) is 3.86. The molecule has 1 amide bonds. The normalized spacial score (nSPS) is 10.1. The van der Waals surface area contributed by atoms with E-state index in [1.807, 2.05) is 0 Å². The van der Waals surface area contributed by atoms with Gasteiger partial charge in [-0.15, -0.1) is 0 Å². The van der Waals surface area contributed by atoms with Crippen molar-refractivity contribution in [3.05, 3.63) is 58.1 Å². The molecule has 8 heteroatoms. The van der Waals surface area contributed by atoms with Crippen molar-refractivity contribution in [1.29, 1.82) is 0 Å². The number of amides is 1. The van der Waals surface area contributed by atoms with E-state index in [9.17, 15) is 9.59 Å². The van der Waals surface area contributed by atoms with Crippen LogP contribution in [0.2, 0.25) is 10.0 Å². The number of halogens is 2. The number of para-hydroxylation sites is 2. The van der Waals surface area contributed by atoms with Crippen LogP contribution in [0.5, 0.6) is 11.5 Å². The summed E-state index contributed by atoms with van der Waals surface area (Å²) in [6, 6.07) is 11.9. The minimum atomic E-state index is -0.671. The van der Waals surface area contributed by atoms with Crippen LogP contribution < -0.4 is 14.8 Å². The second kappa shape index (κ2) is 9.89. The summed E-state index contributed by atoms with van der Waals surface area (Å²) in [6.07, 6.45) is 0.